The number of halogens is 1. The number of nitrogens with zero attached hydrogens (tertiary/aromatic N) is 2. The summed E-state index contributed by atoms with van der Waals surface area (Å²) < 4.78 is 20.1. The smallest absolute Gasteiger partial charge is 0.185 e. The lowest BCUT2D eigenvalue weighted by molar-refractivity contribution is 0.0298. The first-order valence-corrected chi connectivity index (χ1v) is 8.21. The SMILES string of the molecule is CC1=C(C#N)/C(=C(\C)C#N)OC1(CF)c1ccc(-c2ccccc2)cc1. The molecule has 0 aromatic heterocycles. The van der Waals surface area contributed by atoms with Crippen LogP contribution >= 0.6 is 0 Å². The first kappa shape index (κ1) is 17.5. The van der Waals surface area contributed by atoms with Crippen LogP contribution in [0.2, 0.25) is 0 Å². The van der Waals surface area contributed by atoms with Crippen LogP contribution in [-0.2, 0) is 10.3 Å². The zero-order valence-electron chi connectivity index (χ0n) is 14.6. The van der Waals surface area contributed by atoms with Crippen molar-refractivity contribution in [2.45, 2.75) is 19.4 Å². The van der Waals surface area contributed by atoms with Crippen LogP contribution in [0.3, 0.4) is 0 Å². The Hall–Kier alpha value is -3.37. The maximum Gasteiger partial charge on any atom is 0.185 e. The van der Waals surface area contributed by atoms with Crippen molar-refractivity contribution in [1.82, 2.24) is 0 Å². The highest BCUT2D eigenvalue weighted by Gasteiger charge is 2.46. The summed E-state index contributed by atoms with van der Waals surface area (Å²) in [6, 6.07) is 21.3. The van der Waals surface area contributed by atoms with E-state index < -0.39 is 12.3 Å². The van der Waals surface area contributed by atoms with Crippen LogP contribution in [-0.4, -0.2) is 6.67 Å². The van der Waals surface area contributed by atoms with E-state index in [2.05, 4.69) is 6.07 Å². The number of rotatable bonds is 3. The van der Waals surface area contributed by atoms with Gasteiger partial charge in [0.1, 0.15) is 12.7 Å². The van der Waals surface area contributed by atoms with E-state index in [4.69, 9.17) is 10.00 Å². The zero-order chi connectivity index (χ0) is 18.7. The summed E-state index contributed by atoms with van der Waals surface area (Å²) in [5, 5.41) is 18.6. The molecule has 0 aliphatic carbocycles. The van der Waals surface area contributed by atoms with Gasteiger partial charge in [-0.05, 0) is 30.5 Å². The Morgan fingerprint density at radius 3 is 2.19 bits per heavy atom. The van der Waals surface area contributed by atoms with Gasteiger partial charge < -0.3 is 4.74 Å². The molecule has 0 N–H and O–H groups in total. The van der Waals surface area contributed by atoms with Crippen molar-refractivity contribution in [2.24, 2.45) is 0 Å². The van der Waals surface area contributed by atoms with E-state index >= 15 is 0 Å². The molecule has 2 aromatic rings. The Kier molecular flexibility index (Phi) is 4.61. The maximum atomic E-state index is 14.2. The largest absolute Gasteiger partial charge is 0.473 e. The van der Waals surface area contributed by atoms with Crippen molar-refractivity contribution in [3.05, 3.63) is 82.6 Å². The van der Waals surface area contributed by atoms with Crippen LogP contribution in [0.15, 0.2) is 77.1 Å². The van der Waals surface area contributed by atoms with Crippen LogP contribution in [0.25, 0.3) is 11.1 Å². The molecule has 0 bridgehead atoms. The number of hydrogen-bond donors (Lipinski definition) is 0. The summed E-state index contributed by atoms with van der Waals surface area (Å²) >= 11 is 0. The first-order valence-electron chi connectivity index (χ1n) is 8.21. The van der Waals surface area contributed by atoms with Crippen molar-refractivity contribution < 1.29 is 9.13 Å². The molecule has 26 heavy (non-hydrogen) atoms. The van der Waals surface area contributed by atoms with Gasteiger partial charge in [-0.2, -0.15) is 10.5 Å². The average molecular weight is 344 g/mol. The van der Waals surface area contributed by atoms with Crippen molar-refractivity contribution in [1.29, 1.82) is 10.5 Å². The fourth-order valence-corrected chi connectivity index (χ4v) is 3.17. The molecule has 3 rings (SSSR count). The van der Waals surface area contributed by atoms with Gasteiger partial charge in [-0.3, -0.25) is 0 Å². The van der Waals surface area contributed by atoms with Crippen LogP contribution in [0.1, 0.15) is 19.4 Å². The molecular formula is C22H17FN2O. The minimum absolute atomic E-state index is 0.164. The van der Waals surface area contributed by atoms with Crippen LogP contribution in [0.4, 0.5) is 4.39 Å². The monoisotopic (exact) mass is 344 g/mol. The minimum Gasteiger partial charge on any atom is -0.473 e. The molecule has 1 atom stereocenters. The van der Waals surface area contributed by atoms with Crippen LogP contribution in [0, 0.1) is 22.7 Å². The number of ether oxygens (including phenoxy) is 1. The molecule has 0 saturated carbocycles. The summed E-state index contributed by atoms with van der Waals surface area (Å²) in [5.41, 5.74) is 2.29. The summed E-state index contributed by atoms with van der Waals surface area (Å²) in [5.74, 6) is 0.164. The van der Waals surface area contributed by atoms with E-state index in [1.54, 1.807) is 13.8 Å². The maximum absolute atomic E-state index is 14.2. The molecule has 1 aliphatic rings. The topological polar surface area (TPSA) is 56.8 Å². The lowest BCUT2D eigenvalue weighted by Crippen LogP contribution is -2.30. The second kappa shape index (κ2) is 6.86. The number of hydrogen-bond acceptors (Lipinski definition) is 3. The van der Waals surface area contributed by atoms with Gasteiger partial charge in [-0.1, -0.05) is 54.6 Å². The van der Waals surface area contributed by atoms with Crippen molar-refractivity contribution in [3.63, 3.8) is 0 Å². The average Bonchev–Trinajstić information content (AvgIpc) is 3.01. The van der Waals surface area contributed by atoms with Gasteiger partial charge in [-0.25, -0.2) is 4.39 Å². The number of allylic oxidation sites excluding steroid dienone is 2. The third kappa shape index (κ3) is 2.66. The van der Waals surface area contributed by atoms with E-state index in [-0.39, 0.29) is 16.9 Å². The molecule has 1 aliphatic heterocycles. The second-order valence-electron chi connectivity index (χ2n) is 6.18. The highest BCUT2D eigenvalue weighted by atomic mass is 19.1. The lowest BCUT2D eigenvalue weighted by Gasteiger charge is -2.28. The van der Waals surface area contributed by atoms with Gasteiger partial charge >= 0.3 is 0 Å². The Morgan fingerprint density at radius 2 is 1.65 bits per heavy atom. The van der Waals surface area contributed by atoms with Gasteiger partial charge in [0, 0.05) is 5.56 Å². The molecule has 4 heteroatoms. The molecule has 2 aromatic carbocycles. The number of alkyl halides is 1. The molecule has 0 saturated heterocycles. The Labute approximate surface area is 152 Å². The predicted octanol–water partition coefficient (Wildman–Crippen LogP) is 5.19. The minimum atomic E-state index is -1.37. The fourth-order valence-electron chi connectivity index (χ4n) is 3.17. The predicted molar refractivity (Wildman–Crippen MR) is 97.2 cm³/mol. The Bertz CT molecular complexity index is 976. The normalized spacial score (nSPS) is 21.0. The standard InChI is InChI=1S/C22H17FN2O/c1-15(12-24)21-20(13-25)16(2)22(14-23,26-21)19-10-8-18(9-11-19)17-6-4-3-5-7-17/h3-11H,14H2,1-2H3/b21-15-. The molecule has 0 fully saturated rings. The molecule has 0 radical (unpaired) electrons. The third-order valence-electron chi connectivity index (χ3n) is 4.75. The van der Waals surface area contributed by atoms with E-state index in [0.29, 0.717) is 11.1 Å². The summed E-state index contributed by atoms with van der Waals surface area (Å²) in [4.78, 5) is 0. The van der Waals surface area contributed by atoms with E-state index in [1.807, 2.05) is 60.7 Å². The third-order valence-corrected chi connectivity index (χ3v) is 4.75. The summed E-state index contributed by atoms with van der Waals surface area (Å²) in [6.07, 6.45) is 0. The molecular weight excluding hydrogens is 327 g/mol. The highest BCUT2D eigenvalue weighted by Crippen LogP contribution is 2.46. The van der Waals surface area contributed by atoms with Gasteiger partial charge in [-0.15, -0.1) is 0 Å². The summed E-state index contributed by atoms with van der Waals surface area (Å²) in [6.45, 7) is 2.42. The van der Waals surface area contributed by atoms with Crippen molar-refractivity contribution >= 4 is 0 Å². The Morgan fingerprint density at radius 1 is 1.04 bits per heavy atom. The molecule has 0 amide bonds. The quantitative estimate of drug-likeness (QED) is 0.720. The highest BCUT2D eigenvalue weighted by molar-refractivity contribution is 5.64. The zero-order valence-corrected chi connectivity index (χ0v) is 14.6. The van der Waals surface area contributed by atoms with E-state index in [0.717, 1.165) is 11.1 Å². The van der Waals surface area contributed by atoms with E-state index in [9.17, 15) is 9.65 Å². The van der Waals surface area contributed by atoms with Gasteiger partial charge in [0.05, 0.1) is 17.2 Å². The number of nitriles is 2. The van der Waals surface area contributed by atoms with Crippen LogP contribution < -0.4 is 0 Å². The fraction of sp³-hybridized carbons (Fsp3) is 0.182. The summed E-state index contributed by atoms with van der Waals surface area (Å²) in [7, 11) is 0. The Balaban J connectivity index is 2.09. The first-order chi connectivity index (χ1) is 12.6. The van der Waals surface area contributed by atoms with Gasteiger partial charge in [0.15, 0.2) is 11.4 Å². The molecule has 1 unspecified atom stereocenters. The van der Waals surface area contributed by atoms with Gasteiger partial charge in [0.25, 0.3) is 0 Å². The van der Waals surface area contributed by atoms with Gasteiger partial charge in [0.2, 0.25) is 0 Å². The lowest BCUT2D eigenvalue weighted by atomic mass is 9.86. The van der Waals surface area contributed by atoms with E-state index in [1.165, 1.54) is 0 Å². The molecule has 0 spiro atoms. The van der Waals surface area contributed by atoms with Crippen molar-refractivity contribution in [2.75, 3.05) is 6.67 Å². The molecule has 1 heterocycles. The molecule has 128 valence electrons. The van der Waals surface area contributed by atoms with Crippen LogP contribution in [0.5, 0.6) is 0 Å². The second-order valence-corrected chi connectivity index (χ2v) is 6.18. The van der Waals surface area contributed by atoms with Crippen molar-refractivity contribution in [3.8, 4) is 23.3 Å². The number of benzene rings is 2. The molecule has 3 nitrogen and oxygen atoms in total.